The highest BCUT2D eigenvalue weighted by molar-refractivity contribution is 9.10. The standard InChI is InChI=1S/C13H12BrFN2O2/c14-7-1-2-8(15)12-9(3-4-16-13(7)12)17-5-10(18)11(19)6-17/h1-4,10-11,18-19H,5-6H2/t10-,11-/m1/s1. The van der Waals surface area contributed by atoms with E-state index in [0.29, 0.717) is 21.1 Å². The van der Waals surface area contributed by atoms with Gasteiger partial charge in [-0.2, -0.15) is 0 Å². The van der Waals surface area contributed by atoms with Gasteiger partial charge >= 0.3 is 0 Å². The van der Waals surface area contributed by atoms with Crippen LogP contribution in [0.5, 0.6) is 0 Å². The lowest BCUT2D eigenvalue weighted by molar-refractivity contribution is 0.0572. The lowest BCUT2D eigenvalue weighted by atomic mass is 10.1. The van der Waals surface area contributed by atoms with Gasteiger partial charge in [-0.15, -0.1) is 0 Å². The lowest BCUT2D eigenvalue weighted by Crippen LogP contribution is -2.22. The third kappa shape index (κ3) is 2.09. The van der Waals surface area contributed by atoms with Crippen molar-refractivity contribution in [1.82, 2.24) is 4.98 Å². The van der Waals surface area contributed by atoms with Gasteiger partial charge < -0.3 is 15.1 Å². The number of halogens is 2. The predicted octanol–water partition coefficient (Wildman–Crippen LogP) is 1.68. The number of hydrogen-bond acceptors (Lipinski definition) is 4. The summed E-state index contributed by atoms with van der Waals surface area (Å²) >= 11 is 3.35. The van der Waals surface area contributed by atoms with Crippen molar-refractivity contribution in [2.75, 3.05) is 18.0 Å². The second-order valence-electron chi connectivity index (χ2n) is 4.62. The Morgan fingerprint density at radius 1 is 1.21 bits per heavy atom. The molecule has 1 aromatic carbocycles. The summed E-state index contributed by atoms with van der Waals surface area (Å²) in [6.45, 7) is 0.568. The fraction of sp³-hybridized carbons (Fsp3) is 0.308. The van der Waals surface area contributed by atoms with E-state index in [1.165, 1.54) is 6.07 Å². The van der Waals surface area contributed by atoms with Gasteiger partial charge in [0.15, 0.2) is 0 Å². The van der Waals surface area contributed by atoms with E-state index in [9.17, 15) is 14.6 Å². The molecule has 2 heterocycles. The summed E-state index contributed by atoms with van der Waals surface area (Å²) in [5.41, 5.74) is 1.17. The van der Waals surface area contributed by atoms with E-state index in [-0.39, 0.29) is 18.9 Å². The van der Waals surface area contributed by atoms with E-state index in [1.807, 2.05) is 0 Å². The van der Waals surface area contributed by atoms with E-state index in [2.05, 4.69) is 20.9 Å². The fourth-order valence-electron chi connectivity index (χ4n) is 2.41. The van der Waals surface area contributed by atoms with Crippen molar-refractivity contribution in [2.24, 2.45) is 0 Å². The van der Waals surface area contributed by atoms with Crippen molar-refractivity contribution < 1.29 is 14.6 Å². The number of aromatic nitrogens is 1. The maximum Gasteiger partial charge on any atom is 0.134 e. The summed E-state index contributed by atoms with van der Waals surface area (Å²) in [7, 11) is 0. The van der Waals surface area contributed by atoms with E-state index in [0.717, 1.165) is 0 Å². The molecule has 3 rings (SSSR count). The molecule has 1 aromatic heterocycles. The lowest BCUT2D eigenvalue weighted by Gasteiger charge is -2.20. The zero-order chi connectivity index (χ0) is 13.6. The van der Waals surface area contributed by atoms with Crippen LogP contribution in [0.3, 0.4) is 0 Å². The molecule has 2 N–H and O–H groups in total. The number of fused-ring (bicyclic) bond motifs is 1. The number of β-amino-alcohol motifs (C(OH)–C–C–N with tert-alkyl or cyclic N) is 2. The van der Waals surface area contributed by atoms with Crippen molar-refractivity contribution in [1.29, 1.82) is 0 Å². The first-order valence-corrected chi connectivity index (χ1v) is 6.71. The minimum atomic E-state index is -0.807. The summed E-state index contributed by atoms with van der Waals surface area (Å²) in [6, 6.07) is 4.69. The minimum Gasteiger partial charge on any atom is -0.389 e. The van der Waals surface area contributed by atoms with E-state index in [4.69, 9.17) is 0 Å². The van der Waals surface area contributed by atoms with Gasteiger partial charge in [0.1, 0.15) is 5.82 Å². The summed E-state index contributed by atoms with van der Waals surface area (Å²) in [4.78, 5) is 5.95. The van der Waals surface area contributed by atoms with Crippen molar-refractivity contribution in [2.45, 2.75) is 12.2 Å². The largest absolute Gasteiger partial charge is 0.389 e. The third-order valence-corrected chi connectivity index (χ3v) is 4.01. The van der Waals surface area contributed by atoms with Gasteiger partial charge in [-0.05, 0) is 34.1 Å². The molecule has 1 aliphatic rings. The Morgan fingerprint density at radius 3 is 2.58 bits per heavy atom. The van der Waals surface area contributed by atoms with Gasteiger partial charge in [-0.25, -0.2) is 4.39 Å². The predicted molar refractivity (Wildman–Crippen MR) is 73.6 cm³/mol. The summed E-state index contributed by atoms with van der Waals surface area (Å²) < 4.78 is 14.8. The molecule has 0 aliphatic carbocycles. The molecule has 1 saturated heterocycles. The Labute approximate surface area is 117 Å². The molecule has 4 nitrogen and oxygen atoms in total. The van der Waals surface area contributed by atoms with Gasteiger partial charge in [0, 0.05) is 23.8 Å². The van der Waals surface area contributed by atoms with Gasteiger partial charge in [0.2, 0.25) is 0 Å². The van der Waals surface area contributed by atoms with Gasteiger partial charge in [0.25, 0.3) is 0 Å². The average Bonchev–Trinajstić information content (AvgIpc) is 2.73. The van der Waals surface area contributed by atoms with Crippen LogP contribution in [0.2, 0.25) is 0 Å². The quantitative estimate of drug-likeness (QED) is 0.837. The Hall–Kier alpha value is -1.24. The molecule has 0 spiro atoms. The molecular weight excluding hydrogens is 315 g/mol. The Balaban J connectivity index is 2.17. The van der Waals surface area contributed by atoms with Crippen LogP contribution < -0.4 is 4.90 Å². The van der Waals surface area contributed by atoms with Crippen molar-refractivity contribution in [3.8, 4) is 0 Å². The van der Waals surface area contributed by atoms with Crippen LogP contribution in [0.25, 0.3) is 10.9 Å². The van der Waals surface area contributed by atoms with E-state index in [1.54, 1.807) is 23.2 Å². The number of benzene rings is 1. The molecule has 19 heavy (non-hydrogen) atoms. The van der Waals surface area contributed by atoms with E-state index >= 15 is 0 Å². The van der Waals surface area contributed by atoms with Crippen molar-refractivity contribution in [3.05, 3.63) is 34.7 Å². The number of rotatable bonds is 1. The molecule has 0 unspecified atom stereocenters. The second kappa shape index (κ2) is 4.70. The SMILES string of the molecule is O[C@@H]1CN(c2ccnc3c(Br)ccc(F)c23)C[C@H]1O. The molecule has 1 fully saturated rings. The zero-order valence-electron chi connectivity index (χ0n) is 9.92. The monoisotopic (exact) mass is 326 g/mol. The van der Waals surface area contributed by atoms with Crippen LogP contribution in [0.4, 0.5) is 10.1 Å². The minimum absolute atomic E-state index is 0.284. The van der Waals surface area contributed by atoms with Crippen LogP contribution in [-0.2, 0) is 0 Å². The van der Waals surface area contributed by atoms with Crippen LogP contribution >= 0.6 is 15.9 Å². The van der Waals surface area contributed by atoms with Crippen LogP contribution in [0.15, 0.2) is 28.9 Å². The maximum atomic E-state index is 14.1. The molecule has 0 saturated carbocycles. The van der Waals surface area contributed by atoms with Gasteiger partial charge in [-0.1, -0.05) is 0 Å². The molecule has 0 radical (unpaired) electrons. The number of aliphatic hydroxyl groups excluding tert-OH is 2. The third-order valence-electron chi connectivity index (χ3n) is 3.37. The highest BCUT2D eigenvalue weighted by atomic mass is 79.9. The first kappa shape index (κ1) is 12.8. The molecule has 6 heteroatoms. The molecule has 1 aliphatic heterocycles. The molecule has 100 valence electrons. The molecular formula is C13H12BrFN2O2. The smallest absolute Gasteiger partial charge is 0.134 e. The number of pyridine rings is 1. The molecule has 2 atom stereocenters. The topological polar surface area (TPSA) is 56.6 Å². The Kier molecular flexibility index (Phi) is 3.16. The van der Waals surface area contributed by atoms with Crippen LogP contribution in [0, 0.1) is 5.82 Å². The molecule has 0 bridgehead atoms. The van der Waals surface area contributed by atoms with Gasteiger partial charge in [-0.3, -0.25) is 4.98 Å². The maximum absolute atomic E-state index is 14.1. The molecule has 2 aromatic rings. The zero-order valence-corrected chi connectivity index (χ0v) is 11.5. The highest BCUT2D eigenvalue weighted by Crippen LogP contribution is 2.33. The average molecular weight is 327 g/mol. The van der Waals surface area contributed by atoms with E-state index < -0.39 is 12.2 Å². The first-order valence-electron chi connectivity index (χ1n) is 5.91. The van der Waals surface area contributed by atoms with Crippen molar-refractivity contribution >= 4 is 32.5 Å². The highest BCUT2D eigenvalue weighted by Gasteiger charge is 2.31. The first-order chi connectivity index (χ1) is 9.08. The Morgan fingerprint density at radius 2 is 1.89 bits per heavy atom. The molecule has 0 amide bonds. The summed E-state index contributed by atoms with van der Waals surface area (Å²) in [5.74, 6) is -0.364. The number of anilines is 1. The van der Waals surface area contributed by atoms with Crippen molar-refractivity contribution in [3.63, 3.8) is 0 Å². The van der Waals surface area contributed by atoms with Gasteiger partial charge in [0.05, 0.1) is 28.8 Å². The van der Waals surface area contributed by atoms with Crippen LogP contribution in [0.1, 0.15) is 0 Å². The normalized spacial score (nSPS) is 23.3. The number of aliphatic hydroxyl groups is 2. The summed E-state index contributed by atoms with van der Waals surface area (Å²) in [5, 5.41) is 19.6. The fourth-order valence-corrected chi connectivity index (χ4v) is 2.84. The summed E-state index contributed by atoms with van der Waals surface area (Å²) in [6.07, 6.45) is -0.0178. The number of nitrogens with zero attached hydrogens (tertiary/aromatic N) is 2. The van der Waals surface area contributed by atoms with Crippen LogP contribution in [-0.4, -0.2) is 40.5 Å². The Bertz CT molecular complexity index is 627. The second-order valence-corrected chi connectivity index (χ2v) is 5.48. The number of hydrogen-bond donors (Lipinski definition) is 2.